The molecule has 0 aliphatic heterocycles. The lowest BCUT2D eigenvalue weighted by atomic mass is 10.1. The molecule has 16 heavy (non-hydrogen) atoms. The number of rotatable bonds is 4. The van der Waals surface area contributed by atoms with Crippen molar-refractivity contribution >= 4 is 22.9 Å². The molecule has 0 saturated carbocycles. The molecule has 0 aliphatic rings. The SMILES string of the molecule is OC(CCc1ccccn1)c1ccc(Cl)s1. The van der Waals surface area contributed by atoms with Gasteiger partial charge in [-0.15, -0.1) is 11.3 Å². The molecule has 0 spiro atoms. The van der Waals surface area contributed by atoms with Crippen LogP contribution in [0.4, 0.5) is 0 Å². The molecule has 0 saturated heterocycles. The fourth-order valence-electron chi connectivity index (χ4n) is 1.48. The van der Waals surface area contributed by atoms with Crippen LogP contribution in [0.3, 0.4) is 0 Å². The van der Waals surface area contributed by atoms with E-state index in [1.807, 2.05) is 30.3 Å². The first-order chi connectivity index (χ1) is 7.75. The van der Waals surface area contributed by atoms with E-state index >= 15 is 0 Å². The number of aliphatic hydroxyl groups is 1. The molecule has 2 rings (SSSR count). The summed E-state index contributed by atoms with van der Waals surface area (Å²) in [5.74, 6) is 0. The van der Waals surface area contributed by atoms with Gasteiger partial charge in [-0.2, -0.15) is 0 Å². The molecule has 0 fully saturated rings. The van der Waals surface area contributed by atoms with Crippen molar-refractivity contribution in [3.63, 3.8) is 0 Å². The van der Waals surface area contributed by atoms with Crippen LogP contribution in [0.2, 0.25) is 4.34 Å². The predicted octanol–water partition coefficient (Wildman–Crippen LogP) is 3.46. The van der Waals surface area contributed by atoms with Crippen molar-refractivity contribution in [3.8, 4) is 0 Å². The van der Waals surface area contributed by atoms with Gasteiger partial charge in [-0.3, -0.25) is 4.98 Å². The van der Waals surface area contributed by atoms with Crippen molar-refractivity contribution in [1.29, 1.82) is 0 Å². The Balaban J connectivity index is 1.91. The first kappa shape index (κ1) is 11.6. The Morgan fingerprint density at radius 3 is 2.81 bits per heavy atom. The zero-order valence-corrected chi connectivity index (χ0v) is 10.2. The summed E-state index contributed by atoms with van der Waals surface area (Å²) in [6.45, 7) is 0. The quantitative estimate of drug-likeness (QED) is 0.905. The Hall–Kier alpha value is -0.900. The van der Waals surface area contributed by atoms with Crippen LogP contribution in [0.1, 0.15) is 23.1 Å². The lowest BCUT2D eigenvalue weighted by Gasteiger charge is -2.07. The molecule has 1 N–H and O–H groups in total. The van der Waals surface area contributed by atoms with Crippen LogP contribution >= 0.6 is 22.9 Å². The Morgan fingerprint density at radius 1 is 1.31 bits per heavy atom. The molecular weight excluding hydrogens is 242 g/mol. The van der Waals surface area contributed by atoms with Crippen molar-refractivity contribution < 1.29 is 5.11 Å². The third-order valence-corrected chi connectivity index (χ3v) is 3.65. The highest BCUT2D eigenvalue weighted by Crippen LogP contribution is 2.29. The minimum absolute atomic E-state index is 0.445. The minimum atomic E-state index is -0.445. The van der Waals surface area contributed by atoms with Gasteiger partial charge < -0.3 is 5.11 Å². The van der Waals surface area contributed by atoms with Gasteiger partial charge in [0.25, 0.3) is 0 Å². The number of aryl methyl sites for hydroxylation is 1. The molecule has 2 nitrogen and oxygen atoms in total. The average Bonchev–Trinajstić information content (AvgIpc) is 2.74. The van der Waals surface area contributed by atoms with E-state index in [1.54, 1.807) is 6.20 Å². The third-order valence-electron chi connectivity index (χ3n) is 2.32. The topological polar surface area (TPSA) is 33.1 Å². The summed E-state index contributed by atoms with van der Waals surface area (Å²) < 4.78 is 0.715. The van der Waals surface area contributed by atoms with Crippen LogP contribution in [-0.4, -0.2) is 10.1 Å². The van der Waals surface area contributed by atoms with Crippen molar-refractivity contribution in [2.24, 2.45) is 0 Å². The minimum Gasteiger partial charge on any atom is -0.388 e. The summed E-state index contributed by atoms with van der Waals surface area (Å²) >= 11 is 7.24. The summed E-state index contributed by atoms with van der Waals surface area (Å²) in [6, 6.07) is 9.49. The van der Waals surface area contributed by atoms with Crippen molar-refractivity contribution in [2.45, 2.75) is 18.9 Å². The first-order valence-electron chi connectivity index (χ1n) is 5.09. The Labute approximate surface area is 104 Å². The predicted molar refractivity (Wildman–Crippen MR) is 66.8 cm³/mol. The number of thiophene rings is 1. The first-order valence-corrected chi connectivity index (χ1v) is 6.28. The largest absolute Gasteiger partial charge is 0.388 e. The number of aliphatic hydroxyl groups excluding tert-OH is 1. The van der Waals surface area contributed by atoms with Gasteiger partial charge in [-0.25, -0.2) is 0 Å². The second-order valence-corrected chi connectivity index (χ2v) is 5.26. The standard InChI is InChI=1S/C12H12ClNOS/c13-12-7-6-11(16-12)10(15)5-4-9-3-1-2-8-14-9/h1-3,6-8,10,15H,4-5H2. The smallest absolute Gasteiger partial charge is 0.0932 e. The van der Waals surface area contributed by atoms with E-state index < -0.39 is 6.10 Å². The molecule has 0 bridgehead atoms. The van der Waals surface area contributed by atoms with Crippen LogP contribution in [0.15, 0.2) is 36.5 Å². The molecule has 0 aliphatic carbocycles. The summed E-state index contributed by atoms with van der Waals surface area (Å²) in [5.41, 5.74) is 1.00. The monoisotopic (exact) mass is 253 g/mol. The normalized spacial score (nSPS) is 12.6. The van der Waals surface area contributed by atoms with Gasteiger partial charge in [0.2, 0.25) is 0 Å². The van der Waals surface area contributed by atoms with Gasteiger partial charge >= 0.3 is 0 Å². The molecule has 0 amide bonds. The van der Waals surface area contributed by atoms with E-state index in [0.29, 0.717) is 10.8 Å². The van der Waals surface area contributed by atoms with Crippen LogP contribution < -0.4 is 0 Å². The Morgan fingerprint density at radius 2 is 2.19 bits per heavy atom. The maximum atomic E-state index is 9.92. The second-order valence-electron chi connectivity index (χ2n) is 3.52. The number of nitrogens with zero attached hydrogens (tertiary/aromatic N) is 1. The van der Waals surface area contributed by atoms with Gasteiger partial charge in [0, 0.05) is 16.8 Å². The van der Waals surface area contributed by atoms with E-state index in [1.165, 1.54) is 11.3 Å². The molecule has 0 radical (unpaired) electrons. The molecular formula is C12H12ClNOS. The van der Waals surface area contributed by atoms with Crippen molar-refractivity contribution in [3.05, 3.63) is 51.4 Å². The number of hydrogen-bond donors (Lipinski definition) is 1. The van der Waals surface area contributed by atoms with Gasteiger partial charge in [0.15, 0.2) is 0 Å². The molecule has 4 heteroatoms. The van der Waals surface area contributed by atoms with Gasteiger partial charge in [-0.1, -0.05) is 17.7 Å². The number of pyridine rings is 1. The summed E-state index contributed by atoms with van der Waals surface area (Å²) in [6.07, 6.45) is 2.77. The maximum absolute atomic E-state index is 9.92. The summed E-state index contributed by atoms with van der Waals surface area (Å²) in [4.78, 5) is 5.13. The van der Waals surface area contributed by atoms with Crippen LogP contribution in [-0.2, 0) is 6.42 Å². The highest BCUT2D eigenvalue weighted by Gasteiger charge is 2.10. The molecule has 2 aromatic heterocycles. The zero-order chi connectivity index (χ0) is 11.4. The van der Waals surface area contributed by atoms with E-state index in [0.717, 1.165) is 17.0 Å². The van der Waals surface area contributed by atoms with E-state index in [9.17, 15) is 5.11 Å². The molecule has 2 heterocycles. The second kappa shape index (κ2) is 5.43. The highest BCUT2D eigenvalue weighted by atomic mass is 35.5. The number of aromatic nitrogens is 1. The lowest BCUT2D eigenvalue weighted by Crippen LogP contribution is -1.98. The Bertz CT molecular complexity index is 443. The van der Waals surface area contributed by atoms with Crippen LogP contribution in [0.5, 0.6) is 0 Å². The molecule has 2 aromatic rings. The third kappa shape index (κ3) is 3.04. The molecule has 0 aromatic carbocycles. The maximum Gasteiger partial charge on any atom is 0.0932 e. The summed E-state index contributed by atoms with van der Waals surface area (Å²) in [7, 11) is 0. The molecule has 84 valence electrons. The van der Waals surface area contributed by atoms with E-state index in [2.05, 4.69) is 4.98 Å². The van der Waals surface area contributed by atoms with Crippen LogP contribution in [0, 0.1) is 0 Å². The van der Waals surface area contributed by atoms with Gasteiger partial charge in [0.05, 0.1) is 10.4 Å². The van der Waals surface area contributed by atoms with Gasteiger partial charge in [-0.05, 0) is 37.1 Å². The average molecular weight is 254 g/mol. The Kier molecular flexibility index (Phi) is 3.93. The summed E-state index contributed by atoms with van der Waals surface area (Å²) in [5, 5.41) is 9.92. The van der Waals surface area contributed by atoms with E-state index in [-0.39, 0.29) is 0 Å². The number of halogens is 1. The highest BCUT2D eigenvalue weighted by molar-refractivity contribution is 7.16. The fourth-order valence-corrected chi connectivity index (χ4v) is 2.56. The van der Waals surface area contributed by atoms with Crippen molar-refractivity contribution in [2.75, 3.05) is 0 Å². The lowest BCUT2D eigenvalue weighted by molar-refractivity contribution is 0.171. The van der Waals surface area contributed by atoms with Crippen molar-refractivity contribution in [1.82, 2.24) is 4.98 Å². The number of hydrogen-bond acceptors (Lipinski definition) is 3. The van der Waals surface area contributed by atoms with Gasteiger partial charge in [0.1, 0.15) is 0 Å². The zero-order valence-electron chi connectivity index (χ0n) is 8.64. The fraction of sp³-hybridized carbons (Fsp3) is 0.250. The molecule has 1 unspecified atom stereocenters. The molecule has 1 atom stereocenters. The van der Waals surface area contributed by atoms with E-state index in [4.69, 9.17) is 11.6 Å². The van der Waals surface area contributed by atoms with Crippen LogP contribution in [0.25, 0.3) is 0 Å².